The zero-order chi connectivity index (χ0) is 20.5. The Labute approximate surface area is 179 Å². The number of ketones is 1. The molecule has 0 unspecified atom stereocenters. The molecule has 3 aromatic rings. The Bertz CT molecular complexity index is 882. The first-order chi connectivity index (χ1) is 14.1. The Hall–Kier alpha value is -2.31. The number of ether oxygens (including phenoxy) is 2. The Kier molecular flexibility index (Phi) is 8.14. The fourth-order valence-corrected chi connectivity index (χ4v) is 3.15. The Balaban J connectivity index is 1.66. The molecule has 29 heavy (non-hydrogen) atoms. The summed E-state index contributed by atoms with van der Waals surface area (Å²) in [5.74, 6) is -0.299. The largest absolute Gasteiger partial charge is 0.385 e. The minimum atomic E-state index is -1.08. The highest BCUT2D eigenvalue weighted by Gasteiger charge is 2.29. The van der Waals surface area contributed by atoms with Gasteiger partial charge in [0.05, 0.1) is 13.2 Å². The Morgan fingerprint density at radius 1 is 0.828 bits per heavy atom. The summed E-state index contributed by atoms with van der Waals surface area (Å²) in [6, 6.07) is 26.4. The van der Waals surface area contributed by atoms with Crippen molar-refractivity contribution in [1.29, 1.82) is 0 Å². The van der Waals surface area contributed by atoms with Crippen molar-refractivity contribution in [2.75, 3.05) is 6.61 Å². The molecule has 0 heterocycles. The van der Waals surface area contributed by atoms with Gasteiger partial charge in [-0.05, 0) is 28.8 Å². The number of rotatable bonds is 10. The predicted octanol–water partition coefficient (Wildman–Crippen LogP) is 4.85. The molecule has 0 fully saturated rings. The standard InChI is InChI=1S/C24H23BrO4/c25-21-13-11-20(12-14-21)23(27)24(29-16-19-9-5-2-6-10-19)22(26)17-28-15-18-7-3-1-4-8-18/h1-14,23-24,27H,15-17H2/t23-,24-/m0/s1. The molecule has 4 nitrogen and oxygen atoms in total. The summed E-state index contributed by atoms with van der Waals surface area (Å²) in [6.07, 6.45) is -2.10. The lowest BCUT2D eigenvalue weighted by molar-refractivity contribution is -0.145. The van der Waals surface area contributed by atoms with E-state index in [1.165, 1.54) is 0 Å². The van der Waals surface area contributed by atoms with E-state index in [0.29, 0.717) is 12.2 Å². The molecular weight excluding hydrogens is 432 g/mol. The number of hydrogen-bond donors (Lipinski definition) is 1. The average molecular weight is 455 g/mol. The molecule has 0 amide bonds. The van der Waals surface area contributed by atoms with Gasteiger partial charge in [-0.1, -0.05) is 88.7 Å². The van der Waals surface area contributed by atoms with Gasteiger partial charge in [-0.25, -0.2) is 0 Å². The van der Waals surface area contributed by atoms with Gasteiger partial charge >= 0.3 is 0 Å². The molecule has 150 valence electrons. The quantitative estimate of drug-likeness (QED) is 0.475. The van der Waals surface area contributed by atoms with E-state index >= 15 is 0 Å². The van der Waals surface area contributed by atoms with E-state index in [1.807, 2.05) is 72.8 Å². The first-order valence-corrected chi connectivity index (χ1v) is 10.2. The van der Waals surface area contributed by atoms with Crippen LogP contribution in [0.5, 0.6) is 0 Å². The molecule has 2 atom stereocenters. The molecule has 0 saturated heterocycles. The van der Waals surface area contributed by atoms with Gasteiger partial charge in [-0.3, -0.25) is 4.79 Å². The maximum atomic E-state index is 12.8. The molecular formula is C24H23BrO4. The molecule has 0 bridgehead atoms. The Morgan fingerprint density at radius 3 is 1.97 bits per heavy atom. The minimum Gasteiger partial charge on any atom is -0.385 e. The summed E-state index contributed by atoms with van der Waals surface area (Å²) in [7, 11) is 0. The molecule has 5 heteroatoms. The summed E-state index contributed by atoms with van der Waals surface area (Å²) in [4.78, 5) is 12.8. The number of carbonyl (C=O) groups is 1. The van der Waals surface area contributed by atoms with E-state index in [-0.39, 0.29) is 19.0 Å². The molecule has 0 aliphatic carbocycles. The molecule has 0 aromatic heterocycles. The maximum absolute atomic E-state index is 12.8. The van der Waals surface area contributed by atoms with Crippen LogP contribution in [-0.2, 0) is 27.5 Å². The predicted molar refractivity (Wildman–Crippen MR) is 115 cm³/mol. The van der Waals surface area contributed by atoms with Crippen LogP contribution in [0.15, 0.2) is 89.4 Å². The monoisotopic (exact) mass is 454 g/mol. The minimum absolute atomic E-state index is 0.137. The van der Waals surface area contributed by atoms with E-state index in [9.17, 15) is 9.90 Å². The van der Waals surface area contributed by atoms with Gasteiger partial charge in [-0.15, -0.1) is 0 Å². The lowest BCUT2D eigenvalue weighted by Crippen LogP contribution is -2.34. The van der Waals surface area contributed by atoms with Crippen molar-refractivity contribution in [3.63, 3.8) is 0 Å². The molecule has 3 aromatic carbocycles. The van der Waals surface area contributed by atoms with Crippen molar-refractivity contribution in [2.24, 2.45) is 0 Å². The number of aliphatic hydroxyl groups excluding tert-OH is 1. The van der Waals surface area contributed by atoms with Crippen LogP contribution in [0.3, 0.4) is 0 Å². The van der Waals surface area contributed by atoms with Crippen LogP contribution < -0.4 is 0 Å². The number of halogens is 1. The number of benzene rings is 3. The summed E-state index contributed by atoms with van der Waals surface area (Å²) in [6.45, 7) is 0.415. The second-order valence-electron chi connectivity index (χ2n) is 6.66. The number of aliphatic hydroxyl groups is 1. The SMILES string of the molecule is O=C(COCc1ccccc1)[C@H](OCc1ccccc1)[C@@H](O)c1ccc(Br)cc1. The van der Waals surface area contributed by atoms with E-state index in [0.717, 1.165) is 15.6 Å². The fourth-order valence-electron chi connectivity index (χ4n) is 2.88. The van der Waals surface area contributed by atoms with Crippen LogP contribution in [0.2, 0.25) is 0 Å². The number of carbonyl (C=O) groups excluding carboxylic acids is 1. The van der Waals surface area contributed by atoms with E-state index in [4.69, 9.17) is 9.47 Å². The van der Waals surface area contributed by atoms with Gasteiger partial charge in [0.2, 0.25) is 0 Å². The van der Waals surface area contributed by atoms with Gasteiger partial charge in [0.25, 0.3) is 0 Å². The van der Waals surface area contributed by atoms with E-state index in [1.54, 1.807) is 12.1 Å². The molecule has 3 rings (SSSR count). The van der Waals surface area contributed by atoms with Crippen molar-refractivity contribution in [2.45, 2.75) is 25.4 Å². The molecule has 0 aliphatic heterocycles. The van der Waals surface area contributed by atoms with Gasteiger partial charge < -0.3 is 14.6 Å². The third-order valence-electron chi connectivity index (χ3n) is 4.44. The smallest absolute Gasteiger partial charge is 0.190 e. The number of Topliss-reactive ketones (excluding diaryl/α,β-unsaturated/α-hetero) is 1. The normalized spacial score (nSPS) is 13.0. The highest BCUT2D eigenvalue weighted by molar-refractivity contribution is 9.10. The molecule has 0 spiro atoms. The summed E-state index contributed by atoms with van der Waals surface area (Å²) in [5.41, 5.74) is 2.52. The number of hydrogen-bond acceptors (Lipinski definition) is 4. The van der Waals surface area contributed by atoms with E-state index < -0.39 is 12.2 Å². The van der Waals surface area contributed by atoms with Gasteiger partial charge in [-0.2, -0.15) is 0 Å². The van der Waals surface area contributed by atoms with Gasteiger partial charge in [0.15, 0.2) is 5.78 Å². The van der Waals surface area contributed by atoms with Crippen molar-refractivity contribution >= 4 is 21.7 Å². The highest BCUT2D eigenvalue weighted by atomic mass is 79.9. The lowest BCUT2D eigenvalue weighted by atomic mass is 10.0. The molecule has 0 aliphatic rings. The van der Waals surface area contributed by atoms with Crippen LogP contribution >= 0.6 is 15.9 Å². The van der Waals surface area contributed by atoms with Crippen LogP contribution in [0, 0.1) is 0 Å². The topological polar surface area (TPSA) is 55.8 Å². The van der Waals surface area contributed by atoms with Crippen molar-refractivity contribution < 1.29 is 19.4 Å². The highest BCUT2D eigenvalue weighted by Crippen LogP contribution is 2.23. The van der Waals surface area contributed by atoms with Crippen LogP contribution in [0.25, 0.3) is 0 Å². The first-order valence-electron chi connectivity index (χ1n) is 9.37. The zero-order valence-corrected chi connectivity index (χ0v) is 17.5. The molecule has 0 radical (unpaired) electrons. The molecule has 1 N–H and O–H groups in total. The van der Waals surface area contributed by atoms with Gasteiger partial charge in [0, 0.05) is 4.47 Å². The van der Waals surface area contributed by atoms with Crippen LogP contribution in [0.1, 0.15) is 22.8 Å². The summed E-state index contributed by atoms with van der Waals surface area (Å²) in [5, 5.41) is 10.8. The first kappa shape index (κ1) is 21.4. The van der Waals surface area contributed by atoms with Gasteiger partial charge in [0.1, 0.15) is 18.8 Å². The zero-order valence-electron chi connectivity index (χ0n) is 15.9. The van der Waals surface area contributed by atoms with Crippen molar-refractivity contribution in [3.8, 4) is 0 Å². The van der Waals surface area contributed by atoms with Crippen molar-refractivity contribution in [1.82, 2.24) is 0 Å². The second-order valence-corrected chi connectivity index (χ2v) is 7.57. The summed E-state index contributed by atoms with van der Waals surface area (Å²) < 4.78 is 12.3. The van der Waals surface area contributed by atoms with E-state index in [2.05, 4.69) is 15.9 Å². The van der Waals surface area contributed by atoms with Crippen LogP contribution in [0.4, 0.5) is 0 Å². The third-order valence-corrected chi connectivity index (χ3v) is 4.97. The van der Waals surface area contributed by atoms with Crippen molar-refractivity contribution in [3.05, 3.63) is 106 Å². The fraction of sp³-hybridized carbons (Fsp3) is 0.208. The second kappa shape index (κ2) is 11.0. The summed E-state index contributed by atoms with van der Waals surface area (Å²) >= 11 is 3.38. The Morgan fingerprint density at radius 2 is 1.38 bits per heavy atom. The van der Waals surface area contributed by atoms with Crippen LogP contribution in [-0.4, -0.2) is 23.6 Å². The molecule has 0 saturated carbocycles. The average Bonchev–Trinajstić information content (AvgIpc) is 2.76. The lowest BCUT2D eigenvalue weighted by Gasteiger charge is -2.23. The third kappa shape index (κ3) is 6.61. The maximum Gasteiger partial charge on any atom is 0.190 e.